The lowest BCUT2D eigenvalue weighted by Gasteiger charge is -2.39. The molecule has 0 aromatic rings. The van der Waals surface area contributed by atoms with Crippen LogP contribution < -0.4 is 10.6 Å². The molecule has 1 spiro atoms. The van der Waals surface area contributed by atoms with Crippen molar-refractivity contribution in [2.75, 3.05) is 13.7 Å². The van der Waals surface area contributed by atoms with Crippen molar-refractivity contribution in [3.05, 3.63) is 0 Å². The predicted molar refractivity (Wildman–Crippen MR) is 117 cm³/mol. The first-order chi connectivity index (χ1) is 14.8. The van der Waals surface area contributed by atoms with Crippen LogP contribution in [0.5, 0.6) is 0 Å². The zero-order valence-electron chi connectivity index (χ0n) is 18.5. The lowest BCUT2D eigenvalue weighted by atomic mass is 9.70. The van der Waals surface area contributed by atoms with E-state index in [9.17, 15) is 19.5 Å². The third-order valence-corrected chi connectivity index (χ3v) is 8.63. The molecular formula is C22H34BrN3O5. The monoisotopic (exact) mass is 499 g/mol. The summed E-state index contributed by atoms with van der Waals surface area (Å²) in [5, 5.41) is 16.0. The van der Waals surface area contributed by atoms with E-state index in [0.717, 1.165) is 25.7 Å². The minimum atomic E-state index is -1.06. The molecule has 31 heavy (non-hydrogen) atoms. The van der Waals surface area contributed by atoms with Gasteiger partial charge < -0.3 is 25.4 Å². The smallest absolute Gasteiger partial charge is 0.246 e. The topological polar surface area (TPSA) is 108 Å². The van der Waals surface area contributed by atoms with Crippen LogP contribution in [0, 0.1) is 17.8 Å². The number of aliphatic hydroxyl groups is 1. The van der Waals surface area contributed by atoms with Crippen molar-refractivity contribution < 1.29 is 24.2 Å². The number of ether oxygens (including phenoxy) is 1. The van der Waals surface area contributed by atoms with Crippen LogP contribution >= 0.6 is 15.9 Å². The number of hydrogen-bond donors (Lipinski definition) is 3. The first-order valence-electron chi connectivity index (χ1n) is 11.5. The summed E-state index contributed by atoms with van der Waals surface area (Å²) in [6, 6.07) is -1.28. The highest BCUT2D eigenvalue weighted by Gasteiger charge is 2.77. The van der Waals surface area contributed by atoms with Gasteiger partial charge in [0.25, 0.3) is 0 Å². The lowest BCUT2D eigenvalue weighted by molar-refractivity contribution is -0.147. The van der Waals surface area contributed by atoms with Crippen molar-refractivity contribution >= 4 is 33.7 Å². The number of nitrogens with one attached hydrogen (secondary N) is 2. The fourth-order valence-corrected chi connectivity index (χ4v) is 7.28. The van der Waals surface area contributed by atoms with Gasteiger partial charge in [0.05, 0.1) is 30.6 Å². The Labute approximate surface area is 191 Å². The Morgan fingerprint density at radius 3 is 2.52 bits per heavy atom. The summed E-state index contributed by atoms with van der Waals surface area (Å²) < 4.78 is 6.42. The Kier molecular flexibility index (Phi) is 6.40. The average molecular weight is 500 g/mol. The van der Waals surface area contributed by atoms with Crippen molar-refractivity contribution in [3.8, 4) is 0 Å². The van der Waals surface area contributed by atoms with E-state index in [2.05, 4.69) is 26.6 Å². The van der Waals surface area contributed by atoms with E-state index in [0.29, 0.717) is 6.42 Å². The number of carbonyl (C=O) groups excluding carboxylic acids is 3. The van der Waals surface area contributed by atoms with Gasteiger partial charge in [-0.25, -0.2) is 0 Å². The molecule has 8 nitrogen and oxygen atoms in total. The molecule has 0 radical (unpaired) electrons. The zero-order chi connectivity index (χ0) is 22.5. The molecule has 0 aromatic carbocycles. The standard InChI is InChI=1S/C22H34BrN3O5/c1-11(2)14(10-27)26-18(20(29)25-12-7-5-4-6-8-12)22-9-13(23)17(31-22)15(19(28)24-3)16(22)21(26)30/h11-18,27H,4-10H2,1-3H3,(H,24,28)(H,25,29)/t13?,14-,15-,16-,17-,18?,22?/m0/s1. The van der Waals surface area contributed by atoms with Gasteiger partial charge in [0.1, 0.15) is 11.6 Å². The molecule has 2 bridgehead atoms. The highest BCUT2D eigenvalue weighted by atomic mass is 79.9. The number of nitrogens with zero attached hydrogens (tertiary/aromatic N) is 1. The van der Waals surface area contributed by atoms with Crippen LogP contribution in [0.1, 0.15) is 52.4 Å². The summed E-state index contributed by atoms with van der Waals surface area (Å²) in [7, 11) is 1.55. The Balaban J connectivity index is 1.74. The average Bonchev–Trinajstić information content (AvgIpc) is 3.32. The van der Waals surface area contributed by atoms with Gasteiger partial charge in [-0.1, -0.05) is 49.0 Å². The number of rotatable bonds is 6. The number of halogens is 1. The summed E-state index contributed by atoms with van der Waals surface area (Å²) >= 11 is 3.65. The maximum Gasteiger partial charge on any atom is 0.246 e. The van der Waals surface area contributed by atoms with Crippen LogP contribution in [-0.2, 0) is 19.1 Å². The van der Waals surface area contributed by atoms with Gasteiger partial charge in [-0.05, 0) is 25.2 Å². The molecule has 4 rings (SSSR count). The number of likely N-dealkylation sites (tertiary alicyclic amines) is 1. The van der Waals surface area contributed by atoms with E-state index in [1.807, 2.05) is 13.8 Å². The molecule has 174 valence electrons. The van der Waals surface area contributed by atoms with E-state index >= 15 is 0 Å². The van der Waals surface area contributed by atoms with Crippen molar-refractivity contribution in [2.24, 2.45) is 17.8 Å². The minimum Gasteiger partial charge on any atom is -0.394 e. The molecule has 9 heteroatoms. The predicted octanol–water partition coefficient (Wildman–Crippen LogP) is 0.946. The van der Waals surface area contributed by atoms with Crippen molar-refractivity contribution in [1.82, 2.24) is 15.5 Å². The molecule has 0 aromatic heterocycles. The third kappa shape index (κ3) is 3.51. The fourth-order valence-electron chi connectivity index (χ4n) is 6.34. The second kappa shape index (κ2) is 8.63. The second-order valence-electron chi connectivity index (χ2n) is 9.86. The van der Waals surface area contributed by atoms with Crippen LogP contribution in [0.2, 0.25) is 0 Å². The number of amides is 3. The number of alkyl halides is 1. The van der Waals surface area contributed by atoms with Crippen molar-refractivity contribution in [3.63, 3.8) is 0 Å². The van der Waals surface area contributed by atoms with E-state index in [4.69, 9.17) is 4.74 Å². The molecule has 3 aliphatic heterocycles. The largest absolute Gasteiger partial charge is 0.394 e. The van der Waals surface area contributed by atoms with Gasteiger partial charge >= 0.3 is 0 Å². The summed E-state index contributed by atoms with van der Waals surface area (Å²) in [4.78, 5) is 41.7. The van der Waals surface area contributed by atoms with Gasteiger partial charge in [-0.3, -0.25) is 14.4 Å². The molecule has 4 aliphatic rings. The second-order valence-corrected chi connectivity index (χ2v) is 11.0. The minimum absolute atomic E-state index is 0.0513. The number of aliphatic hydroxyl groups excluding tert-OH is 1. The molecule has 3 unspecified atom stereocenters. The molecular weight excluding hydrogens is 466 g/mol. The maximum atomic E-state index is 13.8. The van der Waals surface area contributed by atoms with Crippen LogP contribution in [-0.4, -0.2) is 76.0 Å². The van der Waals surface area contributed by atoms with Crippen molar-refractivity contribution in [2.45, 2.75) is 87.0 Å². The van der Waals surface area contributed by atoms with Gasteiger partial charge in [0.2, 0.25) is 17.7 Å². The highest BCUT2D eigenvalue weighted by Crippen LogP contribution is 2.60. The third-order valence-electron chi connectivity index (χ3n) is 7.79. The lowest BCUT2D eigenvalue weighted by Crippen LogP contribution is -2.60. The van der Waals surface area contributed by atoms with Crippen molar-refractivity contribution in [1.29, 1.82) is 0 Å². The summed E-state index contributed by atoms with van der Waals surface area (Å²) in [6.07, 6.45) is 5.24. The van der Waals surface area contributed by atoms with Gasteiger partial charge in [-0.15, -0.1) is 0 Å². The molecule has 3 N–H and O–H groups in total. The van der Waals surface area contributed by atoms with Crippen LogP contribution in [0.4, 0.5) is 0 Å². The zero-order valence-corrected chi connectivity index (χ0v) is 20.1. The molecule has 1 aliphatic carbocycles. The quantitative estimate of drug-likeness (QED) is 0.471. The number of fused-ring (bicyclic) bond motifs is 1. The molecule has 3 amide bonds. The van der Waals surface area contributed by atoms with Gasteiger partial charge in [-0.2, -0.15) is 0 Å². The Bertz CT molecular complexity index is 743. The van der Waals surface area contributed by atoms with E-state index in [1.165, 1.54) is 6.42 Å². The van der Waals surface area contributed by atoms with E-state index in [1.54, 1.807) is 11.9 Å². The van der Waals surface area contributed by atoms with E-state index in [-0.39, 0.29) is 41.1 Å². The highest BCUT2D eigenvalue weighted by molar-refractivity contribution is 9.09. The Morgan fingerprint density at radius 2 is 1.94 bits per heavy atom. The first kappa shape index (κ1) is 23.0. The number of carbonyl (C=O) groups is 3. The summed E-state index contributed by atoms with van der Waals surface area (Å²) in [5.41, 5.74) is -1.06. The Hall–Kier alpha value is -1.19. The van der Waals surface area contributed by atoms with Crippen LogP contribution in [0.15, 0.2) is 0 Å². The van der Waals surface area contributed by atoms with Crippen LogP contribution in [0.25, 0.3) is 0 Å². The molecule has 4 fully saturated rings. The fraction of sp³-hybridized carbons (Fsp3) is 0.864. The van der Waals surface area contributed by atoms with Gasteiger partial charge in [0, 0.05) is 17.9 Å². The number of hydrogen-bond acceptors (Lipinski definition) is 5. The molecule has 7 atom stereocenters. The summed E-state index contributed by atoms with van der Waals surface area (Å²) in [5.74, 6) is -2.15. The molecule has 3 saturated heterocycles. The van der Waals surface area contributed by atoms with Gasteiger partial charge in [0.15, 0.2) is 0 Å². The Morgan fingerprint density at radius 1 is 1.26 bits per heavy atom. The normalized spacial score (nSPS) is 38.5. The maximum absolute atomic E-state index is 13.8. The summed E-state index contributed by atoms with van der Waals surface area (Å²) in [6.45, 7) is 3.61. The molecule has 1 saturated carbocycles. The van der Waals surface area contributed by atoms with E-state index < -0.39 is 35.6 Å². The SMILES string of the molecule is CNC(=O)[C@H]1[C@H]2C(=O)N([C@@H](CO)C(C)C)C(C(=O)NC3CCCCC3)C23CC(Br)[C@@H]1O3. The van der Waals surface area contributed by atoms with Crippen LogP contribution in [0.3, 0.4) is 0 Å². The first-order valence-corrected chi connectivity index (χ1v) is 12.4. The molecule has 3 heterocycles.